The van der Waals surface area contributed by atoms with E-state index in [0.29, 0.717) is 23.3 Å². The summed E-state index contributed by atoms with van der Waals surface area (Å²) in [6.45, 7) is 1.20. The molecule has 1 fully saturated rings. The molecule has 0 N–H and O–H groups in total. The second-order valence-corrected chi connectivity index (χ2v) is 8.96. The van der Waals surface area contributed by atoms with Crippen LogP contribution in [0.1, 0.15) is 6.42 Å². The topological polar surface area (TPSA) is 40.6 Å². The highest BCUT2D eigenvalue weighted by Gasteiger charge is 2.34. The van der Waals surface area contributed by atoms with Gasteiger partial charge in [0.2, 0.25) is 0 Å². The highest BCUT2D eigenvalue weighted by atomic mass is 79.9. The van der Waals surface area contributed by atoms with Gasteiger partial charge in [-0.2, -0.15) is 4.31 Å². The Kier molecular flexibility index (Phi) is 3.94. The zero-order valence-electron chi connectivity index (χ0n) is 9.76. The average molecular weight is 339 g/mol. The van der Waals surface area contributed by atoms with Crippen molar-refractivity contribution in [2.75, 3.05) is 27.2 Å². The summed E-state index contributed by atoms with van der Waals surface area (Å²) in [6.07, 6.45) is 0.902. The van der Waals surface area contributed by atoms with E-state index >= 15 is 0 Å². The molecule has 7 heteroatoms. The maximum atomic E-state index is 12.3. The molecule has 0 saturated carbocycles. The van der Waals surface area contributed by atoms with Crippen molar-refractivity contribution in [2.24, 2.45) is 0 Å². The molecule has 17 heavy (non-hydrogen) atoms. The smallest absolute Gasteiger partial charge is 0.252 e. The van der Waals surface area contributed by atoms with Gasteiger partial charge in [-0.25, -0.2) is 8.42 Å². The first-order valence-electron chi connectivity index (χ1n) is 5.33. The second kappa shape index (κ2) is 4.97. The van der Waals surface area contributed by atoms with Gasteiger partial charge in [0.15, 0.2) is 0 Å². The Balaban J connectivity index is 2.18. The summed E-state index contributed by atoms with van der Waals surface area (Å²) in [5, 5.41) is 0. The molecule has 1 aromatic heterocycles. The monoisotopic (exact) mass is 338 g/mol. The minimum Gasteiger partial charge on any atom is -0.305 e. The zero-order valence-corrected chi connectivity index (χ0v) is 13.0. The fourth-order valence-corrected chi connectivity index (χ4v) is 5.57. The number of hydrogen-bond acceptors (Lipinski definition) is 4. The molecule has 0 aromatic carbocycles. The van der Waals surface area contributed by atoms with Crippen molar-refractivity contribution in [3.63, 3.8) is 0 Å². The van der Waals surface area contributed by atoms with E-state index in [0.717, 1.165) is 10.2 Å². The SMILES string of the molecule is CN(C)C1CCN(S(=O)(=O)c2ccc(Br)s2)C1. The fourth-order valence-electron chi connectivity index (χ4n) is 1.91. The Morgan fingerprint density at radius 3 is 2.65 bits per heavy atom. The highest BCUT2D eigenvalue weighted by Crippen LogP contribution is 2.30. The molecule has 1 saturated heterocycles. The van der Waals surface area contributed by atoms with Crippen LogP contribution in [0, 0.1) is 0 Å². The van der Waals surface area contributed by atoms with E-state index in [1.54, 1.807) is 16.4 Å². The Labute approximate surface area is 114 Å². The average Bonchev–Trinajstić information content (AvgIpc) is 2.85. The number of hydrogen-bond donors (Lipinski definition) is 0. The van der Waals surface area contributed by atoms with E-state index in [-0.39, 0.29) is 0 Å². The number of thiophene rings is 1. The van der Waals surface area contributed by atoms with Crippen LogP contribution in [0.2, 0.25) is 0 Å². The summed E-state index contributed by atoms with van der Waals surface area (Å²) in [4.78, 5) is 2.08. The third kappa shape index (κ3) is 2.73. The summed E-state index contributed by atoms with van der Waals surface area (Å²) >= 11 is 4.56. The van der Waals surface area contributed by atoms with Gasteiger partial charge >= 0.3 is 0 Å². The van der Waals surface area contributed by atoms with Gasteiger partial charge in [0.1, 0.15) is 4.21 Å². The quantitative estimate of drug-likeness (QED) is 0.844. The zero-order chi connectivity index (χ0) is 12.6. The van der Waals surface area contributed by atoms with E-state index in [4.69, 9.17) is 0 Å². The maximum absolute atomic E-state index is 12.3. The van der Waals surface area contributed by atoms with Crippen molar-refractivity contribution < 1.29 is 8.42 Å². The minimum absolute atomic E-state index is 0.327. The predicted molar refractivity (Wildman–Crippen MR) is 72.9 cm³/mol. The van der Waals surface area contributed by atoms with Crippen LogP contribution < -0.4 is 0 Å². The maximum Gasteiger partial charge on any atom is 0.252 e. The van der Waals surface area contributed by atoms with Crippen LogP contribution >= 0.6 is 27.3 Å². The lowest BCUT2D eigenvalue weighted by Crippen LogP contribution is -2.34. The van der Waals surface area contributed by atoms with Crippen molar-refractivity contribution >= 4 is 37.3 Å². The fraction of sp³-hybridized carbons (Fsp3) is 0.600. The summed E-state index contributed by atoms with van der Waals surface area (Å²) in [5.41, 5.74) is 0. The van der Waals surface area contributed by atoms with Gasteiger partial charge in [-0.1, -0.05) is 0 Å². The van der Waals surface area contributed by atoms with Crippen LogP contribution in [0.25, 0.3) is 0 Å². The van der Waals surface area contributed by atoms with Gasteiger partial charge in [0.25, 0.3) is 10.0 Å². The molecule has 4 nitrogen and oxygen atoms in total. The lowest BCUT2D eigenvalue weighted by Gasteiger charge is -2.19. The van der Waals surface area contributed by atoms with Crippen molar-refractivity contribution in [2.45, 2.75) is 16.7 Å². The standard InChI is InChI=1S/C10H15BrN2O2S2/c1-12(2)8-5-6-13(7-8)17(14,15)10-4-3-9(11)16-10/h3-4,8H,5-7H2,1-2H3. The Hall–Kier alpha value is 0.0500. The van der Waals surface area contributed by atoms with E-state index in [2.05, 4.69) is 20.8 Å². The number of nitrogens with zero attached hydrogens (tertiary/aromatic N) is 2. The van der Waals surface area contributed by atoms with Crippen LogP contribution in [0.4, 0.5) is 0 Å². The van der Waals surface area contributed by atoms with Gasteiger partial charge < -0.3 is 4.90 Å². The lowest BCUT2D eigenvalue weighted by molar-refractivity contribution is 0.302. The van der Waals surface area contributed by atoms with Gasteiger partial charge in [-0.3, -0.25) is 0 Å². The normalized spacial score (nSPS) is 22.5. The van der Waals surface area contributed by atoms with E-state index in [1.807, 2.05) is 14.1 Å². The molecule has 2 heterocycles. The lowest BCUT2D eigenvalue weighted by atomic mass is 10.2. The van der Waals surface area contributed by atoms with Crippen LogP contribution in [-0.4, -0.2) is 50.8 Å². The first-order valence-corrected chi connectivity index (χ1v) is 8.38. The number of likely N-dealkylation sites (N-methyl/N-ethyl adjacent to an activating group) is 1. The van der Waals surface area contributed by atoms with Crippen molar-refractivity contribution in [3.8, 4) is 0 Å². The van der Waals surface area contributed by atoms with Gasteiger partial charge in [-0.15, -0.1) is 11.3 Å². The molecule has 0 amide bonds. The summed E-state index contributed by atoms with van der Waals surface area (Å²) < 4.78 is 27.5. The number of halogens is 1. The molecule has 1 aromatic rings. The summed E-state index contributed by atoms with van der Waals surface area (Å²) in [6, 6.07) is 3.76. The molecule has 1 atom stereocenters. The molecule has 1 aliphatic heterocycles. The number of sulfonamides is 1. The second-order valence-electron chi connectivity index (χ2n) is 4.33. The third-order valence-electron chi connectivity index (χ3n) is 3.00. The molecule has 0 bridgehead atoms. The Morgan fingerprint density at radius 2 is 2.18 bits per heavy atom. The van der Waals surface area contributed by atoms with E-state index < -0.39 is 10.0 Å². The first kappa shape index (κ1) is 13.5. The molecule has 96 valence electrons. The van der Waals surface area contributed by atoms with Crippen molar-refractivity contribution in [1.29, 1.82) is 0 Å². The van der Waals surface area contributed by atoms with Crippen LogP contribution in [0.5, 0.6) is 0 Å². The molecule has 1 unspecified atom stereocenters. The molecular weight excluding hydrogens is 324 g/mol. The van der Waals surface area contributed by atoms with Gasteiger partial charge in [0, 0.05) is 19.1 Å². The van der Waals surface area contributed by atoms with Gasteiger partial charge in [-0.05, 0) is 48.6 Å². The highest BCUT2D eigenvalue weighted by molar-refractivity contribution is 9.11. The molecule has 0 spiro atoms. The van der Waals surface area contributed by atoms with E-state index in [9.17, 15) is 8.42 Å². The van der Waals surface area contributed by atoms with Crippen LogP contribution in [0.3, 0.4) is 0 Å². The van der Waals surface area contributed by atoms with Gasteiger partial charge in [0.05, 0.1) is 3.79 Å². The predicted octanol–water partition coefficient (Wildman–Crippen LogP) is 1.84. The van der Waals surface area contributed by atoms with Crippen LogP contribution in [-0.2, 0) is 10.0 Å². The molecule has 0 radical (unpaired) electrons. The summed E-state index contributed by atoms with van der Waals surface area (Å²) in [5.74, 6) is 0. The number of rotatable bonds is 3. The van der Waals surface area contributed by atoms with Crippen molar-refractivity contribution in [3.05, 3.63) is 15.9 Å². The Bertz CT molecular complexity index is 498. The Morgan fingerprint density at radius 1 is 1.47 bits per heavy atom. The minimum atomic E-state index is -3.29. The van der Waals surface area contributed by atoms with E-state index in [1.165, 1.54) is 11.3 Å². The largest absolute Gasteiger partial charge is 0.305 e. The molecule has 2 rings (SSSR count). The molecular formula is C10H15BrN2O2S2. The van der Waals surface area contributed by atoms with Crippen LogP contribution in [0.15, 0.2) is 20.1 Å². The third-order valence-corrected chi connectivity index (χ3v) is 6.96. The molecule has 1 aliphatic rings. The van der Waals surface area contributed by atoms with Crippen molar-refractivity contribution in [1.82, 2.24) is 9.21 Å². The first-order chi connectivity index (χ1) is 7.91. The molecule has 0 aliphatic carbocycles. The summed E-state index contributed by atoms with van der Waals surface area (Å²) in [7, 11) is 0.688.